The number of oxime groups is 1. The van der Waals surface area contributed by atoms with E-state index in [0.717, 1.165) is 0 Å². The molecule has 4 N–H and O–H groups in total. The van der Waals surface area contributed by atoms with Crippen LogP contribution in [0.15, 0.2) is 29.4 Å². The summed E-state index contributed by atoms with van der Waals surface area (Å²) >= 11 is 0. The van der Waals surface area contributed by atoms with Crippen LogP contribution in [0.3, 0.4) is 0 Å². The lowest BCUT2D eigenvalue weighted by Crippen LogP contribution is -2.30. The zero-order chi connectivity index (χ0) is 12.8. The standard InChI is InChI=1S/C11H14FN3O2/c1-7(8-3-2-4-9(12)5-8)14-11(16)6-10(13)15-17/h2-5,7,17H,6H2,1H3,(H2,13,15)(H,14,16). The lowest BCUT2D eigenvalue weighted by atomic mass is 10.1. The number of nitrogens with two attached hydrogens (primary N) is 1. The van der Waals surface area contributed by atoms with Crippen LogP contribution in [0, 0.1) is 5.82 Å². The van der Waals surface area contributed by atoms with E-state index >= 15 is 0 Å². The molecule has 0 aliphatic heterocycles. The van der Waals surface area contributed by atoms with Crippen molar-refractivity contribution in [2.45, 2.75) is 19.4 Å². The third kappa shape index (κ3) is 4.10. The molecule has 0 saturated carbocycles. The number of halogens is 1. The van der Waals surface area contributed by atoms with Gasteiger partial charge in [0, 0.05) is 0 Å². The van der Waals surface area contributed by atoms with E-state index < -0.39 is 5.91 Å². The highest BCUT2D eigenvalue weighted by atomic mass is 19.1. The monoisotopic (exact) mass is 239 g/mol. The molecular formula is C11H14FN3O2. The maximum Gasteiger partial charge on any atom is 0.228 e. The zero-order valence-corrected chi connectivity index (χ0v) is 9.35. The van der Waals surface area contributed by atoms with Gasteiger partial charge in [0.2, 0.25) is 5.91 Å². The molecule has 17 heavy (non-hydrogen) atoms. The van der Waals surface area contributed by atoms with Crippen molar-refractivity contribution in [3.8, 4) is 0 Å². The number of hydrogen-bond donors (Lipinski definition) is 3. The van der Waals surface area contributed by atoms with E-state index in [-0.39, 0.29) is 24.1 Å². The molecule has 0 spiro atoms. The summed E-state index contributed by atoms with van der Waals surface area (Å²) in [5.74, 6) is -0.925. The number of amides is 1. The Balaban J connectivity index is 2.60. The van der Waals surface area contributed by atoms with E-state index in [1.807, 2.05) is 0 Å². The van der Waals surface area contributed by atoms with Gasteiger partial charge in [-0.3, -0.25) is 4.79 Å². The van der Waals surface area contributed by atoms with Gasteiger partial charge in [-0.2, -0.15) is 0 Å². The van der Waals surface area contributed by atoms with Crippen molar-refractivity contribution in [1.82, 2.24) is 5.32 Å². The van der Waals surface area contributed by atoms with Crippen molar-refractivity contribution in [2.75, 3.05) is 0 Å². The van der Waals surface area contributed by atoms with Crippen molar-refractivity contribution in [3.63, 3.8) is 0 Å². The molecule has 0 saturated heterocycles. The molecule has 1 amide bonds. The van der Waals surface area contributed by atoms with Crippen LogP contribution in [0.5, 0.6) is 0 Å². The first kappa shape index (κ1) is 13.0. The third-order valence-electron chi connectivity index (χ3n) is 2.20. The molecule has 0 fully saturated rings. The van der Waals surface area contributed by atoms with Crippen molar-refractivity contribution in [1.29, 1.82) is 0 Å². The van der Waals surface area contributed by atoms with E-state index in [0.29, 0.717) is 5.56 Å². The van der Waals surface area contributed by atoms with Crippen LogP contribution in [0.4, 0.5) is 4.39 Å². The summed E-state index contributed by atoms with van der Waals surface area (Å²) in [6.45, 7) is 1.72. The number of nitrogens with one attached hydrogen (secondary N) is 1. The molecule has 1 aromatic rings. The molecule has 92 valence electrons. The summed E-state index contributed by atoms with van der Waals surface area (Å²) < 4.78 is 12.9. The second-order valence-electron chi connectivity index (χ2n) is 3.61. The Hall–Kier alpha value is -2.11. The van der Waals surface area contributed by atoms with Crippen LogP contribution in [0.25, 0.3) is 0 Å². The van der Waals surface area contributed by atoms with Gasteiger partial charge < -0.3 is 16.3 Å². The van der Waals surface area contributed by atoms with Gasteiger partial charge in [0.25, 0.3) is 0 Å². The molecule has 0 heterocycles. The Morgan fingerprint density at radius 3 is 2.94 bits per heavy atom. The van der Waals surface area contributed by atoms with Gasteiger partial charge in [-0.1, -0.05) is 17.3 Å². The largest absolute Gasteiger partial charge is 0.409 e. The highest BCUT2D eigenvalue weighted by Crippen LogP contribution is 2.13. The summed E-state index contributed by atoms with van der Waals surface area (Å²) in [5, 5.41) is 13.6. The molecular weight excluding hydrogens is 225 g/mol. The van der Waals surface area contributed by atoms with Crippen LogP contribution in [0.1, 0.15) is 24.9 Å². The predicted molar refractivity (Wildman–Crippen MR) is 61.0 cm³/mol. The van der Waals surface area contributed by atoms with Crippen LogP contribution < -0.4 is 11.1 Å². The van der Waals surface area contributed by atoms with E-state index in [1.165, 1.54) is 12.1 Å². The van der Waals surface area contributed by atoms with Gasteiger partial charge in [-0.15, -0.1) is 0 Å². The number of carbonyl (C=O) groups excluding carboxylic acids is 1. The minimum Gasteiger partial charge on any atom is -0.409 e. The SMILES string of the molecule is CC(NC(=O)C/C(N)=N/O)c1cccc(F)c1. The summed E-state index contributed by atoms with van der Waals surface area (Å²) in [5.41, 5.74) is 5.84. The van der Waals surface area contributed by atoms with Gasteiger partial charge in [0.15, 0.2) is 0 Å². The molecule has 0 radical (unpaired) electrons. The van der Waals surface area contributed by atoms with E-state index in [9.17, 15) is 9.18 Å². The van der Waals surface area contributed by atoms with Crippen molar-refractivity contribution in [3.05, 3.63) is 35.6 Å². The number of benzene rings is 1. The van der Waals surface area contributed by atoms with Gasteiger partial charge >= 0.3 is 0 Å². The second-order valence-corrected chi connectivity index (χ2v) is 3.61. The first-order valence-electron chi connectivity index (χ1n) is 5.04. The number of carbonyl (C=O) groups is 1. The molecule has 1 unspecified atom stereocenters. The lowest BCUT2D eigenvalue weighted by molar-refractivity contribution is -0.120. The first-order chi connectivity index (χ1) is 8.02. The molecule has 0 aliphatic rings. The number of amidine groups is 1. The van der Waals surface area contributed by atoms with Crippen LogP contribution in [0.2, 0.25) is 0 Å². The lowest BCUT2D eigenvalue weighted by Gasteiger charge is -2.14. The molecule has 0 bridgehead atoms. The average Bonchev–Trinajstić information content (AvgIpc) is 2.28. The first-order valence-corrected chi connectivity index (χ1v) is 5.04. The van der Waals surface area contributed by atoms with Gasteiger partial charge in [-0.05, 0) is 24.6 Å². The fraction of sp³-hybridized carbons (Fsp3) is 0.273. The molecule has 5 nitrogen and oxygen atoms in total. The summed E-state index contributed by atoms with van der Waals surface area (Å²) in [6, 6.07) is 5.60. The fourth-order valence-electron chi connectivity index (χ4n) is 1.35. The van der Waals surface area contributed by atoms with Crippen molar-refractivity contribution in [2.24, 2.45) is 10.9 Å². The molecule has 1 aromatic carbocycles. The molecule has 6 heteroatoms. The van der Waals surface area contributed by atoms with Crippen LogP contribution in [-0.4, -0.2) is 17.0 Å². The van der Waals surface area contributed by atoms with Crippen molar-refractivity contribution >= 4 is 11.7 Å². The van der Waals surface area contributed by atoms with E-state index in [1.54, 1.807) is 19.1 Å². The number of nitrogens with zero attached hydrogens (tertiary/aromatic N) is 1. The Morgan fingerprint density at radius 2 is 2.35 bits per heavy atom. The maximum atomic E-state index is 12.9. The number of rotatable bonds is 4. The highest BCUT2D eigenvalue weighted by Gasteiger charge is 2.11. The second kappa shape index (κ2) is 5.83. The van der Waals surface area contributed by atoms with Gasteiger partial charge in [0.1, 0.15) is 11.7 Å². The van der Waals surface area contributed by atoms with Gasteiger partial charge in [-0.25, -0.2) is 4.39 Å². The van der Waals surface area contributed by atoms with E-state index in [2.05, 4.69) is 10.5 Å². The normalized spacial score (nSPS) is 13.2. The quantitative estimate of drug-likeness (QED) is 0.318. The smallest absolute Gasteiger partial charge is 0.228 e. The topological polar surface area (TPSA) is 87.7 Å². The maximum absolute atomic E-state index is 12.9. The number of hydrogen-bond acceptors (Lipinski definition) is 3. The summed E-state index contributed by atoms with van der Waals surface area (Å²) in [7, 11) is 0. The fourth-order valence-corrected chi connectivity index (χ4v) is 1.35. The Kier molecular flexibility index (Phi) is 4.45. The van der Waals surface area contributed by atoms with Gasteiger partial charge in [0.05, 0.1) is 12.5 Å². The van der Waals surface area contributed by atoms with Crippen LogP contribution in [-0.2, 0) is 4.79 Å². The third-order valence-corrected chi connectivity index (χ3v) is 2.20. The molecule has 1 atom stereocenters. The van der Waals surface area contributed by atoms with Crippen LogP contribution >= 0.6 is 0 Å². The molecule has 0 aromatic heterocycles. The highest BCUT2D eigenvalue weighted by molar-refractivity contribution is 5.98. The summed E-state index contributed by atoms with van der Waals surface area (Å²) in [4.78, 5) is 11.4. The minimum atomic E-state index is -0.392. The zero-order valence-electron chi connectivity index (χ0n) is 9.35. The van der Waals surface area contributed by atoms with Crippen molar-refractivity contribution < 1.29 is 14.4 Å². The summed E-state index contributed by atoms with van der Waals surface area (Å²) in [6.07, 6.45) is -0.198. The average molecular weight is 239 g/mol. The van der Waals surface area contributed by atoms with E-state index in [4.69, 9.17) is 10.9 Å². The molecule has 1 rings (SSSR count). The minimum absolute atomic E-state index is 0.172. The Bertz CT molecular complexity index is 434. The Labute approximate surface area is 98.1 Å². The Morgan fingerprint density at radius 1 is 1.65 bits per heavy atom. The molecule has 0 aliphatic carbocycles. The predicted octanol–water partition coefficient (Wildman–Crippen LogP) is 1.14.